The molecule has 1 heterocycles. The molecule has 0 unspecified atom stereocenters. The summed E-state index contributed by atoms with van der Waals surface area (Å²) in [6.07, 6.45) is -3.45. The number of alkyl halides is 3. The highest BCUT2D eigenvalue weighted by Gasteiger charge is 2.31. The van der Waals surface area contributed by atoms with E-state index in [1.165, 1.54) is 13.1 Å². The van der Waals surface area contributed by atoms with Crippen LogP contribution in [-0.2, 0) is 6.54 Å². The fraction of sp³-hybridized carbons (Fsp3) is 0.375. The molecule has 1 rings (SSSR count). The van der Waals surface area contributed by atoms with Gasteiger partial charge in [-0.05, 0) is 13.0 Å². The maximum absolute atomic E-state index is 11.9. The normalized spacial score (nSPS) is 11.5. The van der Waals surface area contributed by atoms with E-state index in [0.29, 0.717) is 11.3 Å². The second kappa shape index (κ2) is 3.83. The zero-order valence-electron chi connectivity index (χ0n) is 7.43. The van der Waals surface area contributed by atoms with Crippen molar-refractivity contribution in [2.45, 2.75) is 19.8 Å². The van der Waals surface area contributed by atoms with Crippen LogP contribution >= 0.6 is 0 Å². The molecule has 0 radical (unpaired) electrons. The van der Waals surface area contributed by atoms with Gasteiger partial charge in [0.2, 0.25) is 0 Å². The molecule has 0 fully saturated rings. The van der Waals surface area contributed by atoms with Crippen molar-refractivity contribution < 1.29 is 17.9 Å². The number of hydrogen-bond acceptors (Lipinski definition) is 3. The van der Waals surface area contributed by atoms with Crippen LogP contribution in [0.2, 0.25) is 0 Å². The molecule has 2 N–H and O–H groups in total. The molecule has 78 valence electrons. The second-order valence-electron chi connectivity index (χ2n) is 2.63. The van der Waals surface area contributed by atoms with Gasteiger partial charge in [0.1, 0.15) is 5.75 Å². The highest BCUT2D eigenvalue weighted by molar-refractivity contribution is 5.34. The van der Waals surface area contributed by atoms with E-state index in [9.17, 15) is 13.2 Å². The first-order valence-corrected chi connectivity index (χ1v) is 3.84. The van der Waals surface area contributed by atoms with Gasteiger partial charge >= 0.3 is 6.36 Å². The maximum atomic E-state index is 11.9. The number of hydrogen-bond donors (Lipinski definition) is 1. The molecule has 1 aromatic rings. The van der Waals surface area contributed by atoms with Crippen LogP contribution < -0.4 is 10.5 Å². The summed E-state index contributed by atoms with van der Waals surface area (Å²) in [4.78, 5) is 3.82. The number of ether oxygens (including phenoxy) is 1. The first-order chi connectivity index (χ1) is 6.44. The fourth-order valence-electron chi connectivity index (χ4n) is 1.00. The zero-order valence-corrected chi connectivity index (χ0v) is 7.43. The minimum absolute atomic E-state index is 0.0842. The van der Waals surface area contributed by atoms with E-state index in [2.05, 4.69) is 9.72 Å². The van der Waals surface area contributed by atoms with Crippen LogP contribution in [0.4, 0.5) is 13.2 Å². The molecular weight excluding hydrogens is 197 g/mol. The SMILES string of the molecule is Cc1c(OC(F)(F)F)ccnc1CN. The molecule has 0 saturated carbocycles. The third-order valence-electron chi connectivity index (χ3n) is 1.68. The lowest BCUT2D eigenvalue weighted by atomic mass is 10.2. The summed E-state index contributed by atoms with van der Waals surface area (Å²) in [7, 11) is 0. The van der Waals surface area contributed by atoms with Crippen LogP contribution in [0.3, 0.4) is 0 Å². The molecule has 6 heteroatoms. The third kappa shape index (κ3) is 2.59. The lowest BCUT2D eigenvalue weighted by molar-refractivity contribution is -0.274. The van der Waals surface area contributed by atoms with Crippen molar-refractivity contribution >= 4 is 0 Å². The number of nitrogens with zero attached hydrogens (tertiary/aromatic N) is 1. The van der Waals surface area contributed by atoms with Crippen LogP contribution in [0.25, 0.3) is 0 Å². The van der Waals surface area contributed by atoms with Gasteiger partial charge in [-0.3, -0.25) is 4.98 Å². The van der Waals surface area contributed by atoms with Gasteiger partial charge in [0.15, 0.2) is 0 Å². The van der Waals surface area contributed by atoms with Crippen LogP contribution in [0.15, 0.2) is 12.3 Å². The van der Waals surface area contributed by atoms with Crippen LogP contribution in [0.1, 0.15) is 11.3 Å². The topological polar surface area (TPSA) is 48.1 Å². The van der Waals surface area contributed by atoms with Crippen molar-refractivity contribution in [1.29, 1.82) is 0 Å². The summed E-state index contributed by atoms with van der Waals surface area (Å²) in [6, 6.07) is 1.15. The summed E-state index contributed by atoms with van der Waals surface area (Å²) in [5.41, 5.74) is 5.99. The van der Waals surface area contributed by atoms with Gasteiger partial charge in [0.25, 0.3) is 0 Å². The predicted octanol–water partition coefficient (Wildman–Crippen LogP) is 1.75. The molecule has 3 nitrogen and oxygen atoms in total. The Hall–Kier alpha value is -1.30. The number of aromatic nitrogens is 1. The first-order valence-electron chi connectivity index (χ1n) is 3.84. The van der Waals surface area contributed by atoms with Gasteiger partial charge in [-0.1, -0.05) is 0 Å². The van der Waals surface area contributed by atoms with Gasteiger partial charge < -0.3 is 10.5 Å². The van der Waals surface area contributed by atoms with Crippen LogP contribution in [-0.4, -0.2) is 11.3 Å². The molecule has 0 saturated heterocycles. The number of nitrogens with two attached hydrogens (primary N) is 1. The van der Waals surface area contributed by atoms with Crippen LogP contribution in [0, 0.1) is 6.92 Å². The number of rotatable bonds is 2. The molecule has 0 bridgehead atoms. The Morgan fingerprint density at radius 2 is 2.14 bits per heavy atom. The highest BCUT2D eigenvalue weighted by Crippen LogP contribution is 2.26. The Bertz CT molecular complexity index is 325. The van der Waals surface area contributed by atoms with Gasteiger partial charge in [-0.25, -0.2) is 0 Å². The molecule has 0 aliphatic rings. The first kappa shape index (κ1) is 10.8. The van der Waals surface area contributed by atoms with E-state index < -0.39 is 6.36 Å². The molecule has 0 aliphatic heterocycles. The minimum atomic E-state index is -4.68. The standard InChI is InChI=1S/C8H9F3N2O/c1-5-6(4-12)13-3-2-7(5)14-8(9,10)11/h2-3H,4,12H2,1H3. The summed E-state index contributed by atoms with van der Waals surface area (Å²) in [5.74, 6) is -0.257. The van der Waals surface area contributed by atoms with Gasteiger partial charge in [0.05, 0.1) is 5.69 Å². The van der Waals surface area contributed by atoms with E-state index in [-0.39, 0.29) is 12.3 Å². The third-order valence-corrected chi connectivity index (χ3v) is 1.68. The van der Waals surface area contributed by atoms with Gasteiger partial charge in [-0.2, -0.15) is 0 Å². The second-order valence-corrected chi connectivity index (χ2v) is 2.63. The zero-order chi connectivity index (χ0) is 10.8. The Balaban J connectivity index is 2.98. The highest BCUT2D eigenvalue weighted by atomic mass is 19.4. The molecule has 0 aromatic carbocycles. The Labute approximate surface area is 78.7 Å². The smallest absolute Gasteiger partial charge is 0.405 e. The molecule has 0 amide bonds. The van der Waals surface area contributed by atoms with Crippen molar-refractivity contribution in [3.63, 3.8) is 0 Å². The fourth-order valence-corrected chi connectivity index (χ4v) is 1.00. The summed E-state index contributed by atoms with van der Waals surface area (Å²) < 4.78 is 39.4. The Morgan fingerprint density at radius 1 is 1.50 bits per heavy atom. The molecule has 0 aliphatic carbocycles. The maximum Gasteiger partial charge on any atom is 0.573 e. The largest absolute Gasteiger partial charge is 0.573 e. The number of halogens is 3. The summed E-state index contributed by atoms with van der Waals surface area (Å²) in [6.45, 7) is 1.57. The molecule has 1 aromatic heterocycles. The van der Waals surface area contributed by atoms with E-state index in [1.807, 2.05) is 0 Å². The predicted molar refractivity (Wildman–Crippen MR) is 43.5 cm³/mol. The minimum Gasteiger partial charge on any atom is -0.405 e. The van der Waals surface area contributed by atoms with E-state index in [4.69, 9.17) is 5.73 Å². The van der Waals surface area contributed by atoms with Crippen molar-refractivity contribution in [3.05, 3.63) is 23.5 Å². The van der Waals surface area contributed by atoms with Crippen molar-refractivity contribution in [3.8, 4) is 5.75 Å². The Kier molecular flexibility index (Phi) is 2.95. The quantitative estimate of drug-likeness (QED) is 0.801. The lowest BCUT2D eigenvalue weighted by Gasteiger charge is -2.12. The average molecular weight is 206 g/mol. The molecule has 0 atom stereocenters. The van der Waals surface area contributed by atoms with Crippen molar-refractivity contribution in [2.75, 3.05) is 0 Å². The molecular formula is C8H9F3N2O. The van der Waals surface area contributed by atoms with Crippen LogP contribution in [0.5, 0.6) is 5.75 Å². The van der Waals surface area contributed by atoms with Gasteiger partial charge in [0, 0.05) is 18.3 Å². The van der Waals surface area contributed by atoms with E-state index in [1.54, 1.807) is 0 Å². The van der Waals surface area contributed by atoms with Crippen molar-refractivity contribution in [1.82, 2.24) is 4.98 Å². The molecule has 14 heavy (non-hydrogen) atoms. The lowest BCUT2D eigenvalue weighted by Crippen LogP contribution is -2.18. The van der Waals surface area contributed by atoms with Gasteiger partial charge in [-0.15, -0.1) is 13.2 Å². The van der Waals surface area contributed by atoms with E-state index in [0.717, 1.165) is 6.07 Å². The molecule has 0 spiro atoms. The van der Waals surface area contributed by atoms with Crippen molar-refractivity contribution in [2.24, 2.45) is 5.73 Å². The number of pyridine rings is 1. The van der Waals surface area contributed by atoms with E-state index >= 15 is 0 Å². The summed E-state index contributed by atoms with van der Waals surface area (Å²) >= 11 is 0. The average Bonchev–Trinajstić information content (AvgIpc) is 2.06. The Morgan fingerprint density at radius 3 is 2.64 bits per heavy atom. The monoisotopic (exact) mass is 206 g/mol. The summed E-state index contributed by atoms with van der Waals surface area (Å²) in [5, 5.41) is 0.